The summed E-state index contributed by atoms with van der Waals surface area (Å²) in [5, 5.41) is 30.2. The maximum absolute atomic E-state index is 7.62. The fraction of sp³-hybridized carbons (Fsp3) is 0.333. The zero-order chi connectivity index (χ0) is 17.4. The molecule has 0 aromatic rings. The molecule has 0 aromatic heterocycles. The fourth-order valence-electron chi connectivity index (χ4n) is 2.16. The normalized spacial score (nSPS) is 17.3. The Morgan fingerprint density at radius 2 is 0.958 bits per heavy atom. The summed E-state index contributed by atoms with van der Waals surface area (Å²) >= 11 is 3.52. The van der Waals surface area contributed by atoms with Crippen LogP contribution in [-0.2, 0) is 0 Å². The lowest BCUT2D eigenvalue weighted by Gasteiger charge is -2.09. The molecule has 6 heteroatoms. The van der Waals surface area contributed by atoms with Crippen LogP contribution < -0.4 is 0 Å². The third-order valence-electron chi connectivity index (χ3n) is 3.56. The van der Waals surface area contributed by atoms with Gasteiger partial charge in [0, 0.05) is 9.81 Å². The van der Waals surface area contributed by atoms with Crippen molar-refractivity contribution in [3.05, 3.63) is 46.3 Å². The Balaban J connectivity index is 1.51. The molecule has 0 saturated carbocycles. The van der Waals surface area contributed by atoms with E-state index < -0.39 is 0 Å². The third-order valence-corrected chi connectivity index (χ3v) is 5.72. The van der Waals surface area contributed by atoms with Crippen LogP contribution in [0.1, 0.15) is 25.7 Å². The van der Waals surface area contributed by atoms with E-state index in [1.807, 2.05) is 12.2 Å². The predicted molar refractivity (Wildman–Crippen MR) is 109 cm³/mol. The van der Waals surface area contributed by atoms with Crippen LogP contribution in [0.5, 0.6) is 0 Å². The summed E-state index contributed by atoms with van der Waals surface area (Å²) in [6.07, 6.45) is 15.5. The maximum Gasteiger partial charge on any atom is 0.0800 e. The number of hydrogen-bond acceptors (Lipinski definition) is 6. The van der Waals surface area contributed by atoms with Gasteiger partial charge in [0.25, 0.3) is 0 Å². The summed E-state index contributed by atoms with van der Waals surface area (Å²) < 4.78 is 0. The molecule has 4 N–H and O–H groups in total. The van der Waals surface area contributed by atoms with E-state index in [2.05, 4.69) is 0 Å². The molecule has 2 aliphatic carbocycles. The van der Waals surface area contributed by atoms with Crippen LogP contribution in [-0.4, -0.2) is 34.4 Å². The molecule has 0 saturated heterocycles. The third kappa shape index (κ3) is 6.09. The number of thioether (sulfide) groups is 2. The second kappa shape index (κ2) is 9.59. The van der Waals surface area contributed by atoms with Crippen molar-refractivity contribution in [1.82, 2.24) is 0 Å². The van der Waals surface area contributed by atoms with Gasteiger partial charge in [-0.15, -0.1) is 23.5 Å². The molecule has 2 aliphatic rings. The molecule has 0 aromatic carbocycles. The Bertz CT molecular complexity index is 611. The van der Waals surface area contributed by atoms with Gasteiger partial charge in [-0.05, 0) is 60.8 Å². The van der Waals surface area contributed by atoms with Gasteiger partial charge >= 0.3 is 0 Å². The smallest absolute Gasteiger partial charge is 0.0800 e. The Morgan fingerprint density at radius 1 is 0.542 bits per heavy atom. The highest BCUT2D eigenvalue weighted by atomic mass is 32.2. The highest BCUT2D eigenvalue weighted by molar-refractivity contribution is 8.03. The van der Waals surface area contributed by atoms with Crippen molar-refractivity contribution in [2.45, 2.75) is 25.7 Å². The van der Waals surface area contributed by atoms with Gasteiger partial charge in [0.15, 0.2) is 0 Å². The van der Waals surface area contributed by atoms with E-state index in [9.17, 15) is 0 Å². The van der Waals surface area contributed by atoms with Gasteiger partial charge in [-0.3, -0.25) is 21.6 Å². The molecular weight excluding hydrogens is 336 g/mol. The van der Waals surface area contributed by atoms with Gasteiger partial charge in [0.2, 0.25) is 0 Å². The minimum absolute atomic E-state index is 0.284. The minimum atomic E-state index is 0.284. The van der Waals surface area contributed by atoms with Crippen LogP contribution in [0.4, 0.5) is 0 Å². The van der Waals surface area contributed by atoms with Gasteiger partial charge in [0.1, 0.15) is 0 Å². The summed E-state index contributed by atoms with van der Waals surface area (Å²) in [6, 6.07) is 0. The maximum atomic E-state index is 7.62. The van der Waals surface area contributed by atoms with Crippen LogP contribution in [0.3, 0.4) is 0 Å². The topological polar surface area (TPSA) is 95.4 Å². The molecule has 24 heavy (non-hydrogen) atoms. The zero-order valence-electron chi connectivity index (χ0n) is 13.5. The molecule has 126 valence electrons. The second-order valence-electron chi connectivity index (χ2n) is 5.53. The average Bonchev–Trinajstić information content (AvgIpc) is 2.56. The predicted octanol–water partition coefficient (Wildman–Crippen LogP) is 5.00. The van der Waals surface area contributed by atoms with Crippen molar-refractivity contribution >= 4 is 46.4 Å². The quantitative estimate of drug-likeness (QED) is 0.345. The van der Waals surface area contributed by atoms with Gasteiger partial charge in [0.05, 0.1) is 22.8 Å². The second-order valence-corrected chi connectivity index (χ2v) is 7.86. The highest BCUT2D eigenvalue weighted by Gasteiger charge is 2.07. The van der Waals surface area contributed by atoms with Crippen molar-refractivity contribution in [2.24, 2.45) is 0 Å². The Labute approximate surface area is 151 Å². The monoisotopic (exact) mass is 358 g/mol. The number of allylic oxidation sites excluding steroid dienone is 6. The molecule has 0 bridgehead atoms. The molecule has 4 nitrogen and oxygen atoms in total. The van der Waals surface area contributed by atoms with Crippen LogP contribution in [0.25, 0.3) is 0 Å². The molecule has 0 aliphatic heterocycles. The van der Waals surface area contributed by atoms with E-state index in [0.29, 0.717) is 11.4 Å². The first-order valence-corrected chi connectivity index (χ1v) is 9.93. The average molecular weight is 359 g/mol. The summed E-state index contributed by atoms with van der Waals surface area (Å²) in [5.74, 6) is 2.11. The summed E-state index contributed by atoms with van der Waals surface area (Å²) in [4.78, 5) is 2.16. The van der Waals surface area contributed by atoms with Crippen LogP contribution in [0.2, 0.25) is 0 Å². The number of hydrogen-bond donors (Lipinski definition) is 4. The standard InChI is InChI=1S/C18H22N4S2/c19-15-7-5-13(11-17(15)21)23-9-3-1-2-4-10-24-14-6-8-16(20)18(22)12-14/h5-8,11-12,19-22H,1-4,9-10H2. The van der Waals surface area contributed by atoms with Gasteiger partial charge in [-0.25, -0.2) is 0 Å². The lowest BCUT2D eigenvalue weighted by Crippen LogP contribution is -2.09. The molecule has 0 fully saturated rings. The minimum Gasteiger partial charge on any atom is -0.299 e. The summed E-state index contributed by atoms with van der Waals surface area (Å²) in [5.41, 5.74) is 1.16. The van der Waals surface area contributed by atoms with Crippen LogP contribution >= 0.6 is 23.5 Å². The summed E-state index contributed by atoms with van der Waals surface area (Å²) in [6.45, 7) is 0. The molecule has 0 amide bonds. The van der Waals surface area contributed by atoms with Crippen LogP contribution in [0.15, 0.2) is 46.3 Å². The molecular formula is C18H22N4S2. The van der Waals surface area contributed by atoms with Gasteiger partial charge < -0.3 is 0 Å². The zero-order valence-corrected chi connectivity index (χ0v) is 15.2. The van der Waals surface area contributed by atoms with E-state index in [4.69, 9.17) is 21.6 Å². The largest absolute Gasteiger partial charge is 0.299 e. The fourth-order valence-corrected chi connectivity index (χ4v) is 4.06. The molecule has 0 heterocycles. The highest BCUT2D eigenvalue weighted by Crippen LogP contribution is 2.23. The number of rotatable bonds is 9. The Kier molecular flexibility index (Phi) is 7.46. The van der Waals surface area contributed by atoms with Crippen molar-refractivity contribution in [3.63, 3.8) is 0 Å². The number of nitrogens with one attached hydrogen (secondary N) is 4. The first-order valence-electron chi connectivity index (χ1n) is 7.96. The van der Waals surface area contributed by atoms with E-state index in [1.165, 1.54) is 12.8 Å². The van der Waals surface area contributed by atoms with Crippen LogP contribution in [0, 0.1) is 21.6 Å². The first kappa shape index (κ1) is 18.7. The van der Waals surface area contributed by atoms with Crippen molar-refractivity contribution in [1.29, 1.82) is 21.6 Å². The van der Waals surface area contributed by atoms with E-state index in [-0.39, 0.29) is 11.4 Å². The van der Waals surface area contributed by atoms with Gasteiger partial charge in [-0.1, -0.05) is 12.8 Å². The van der Waals surface area contributed by atoms with E-state index in [0.717, 1.165) is 34.2 Å². The molecule has 2 rings (SSSR count). The van der Waals surface area contributed by atoms with Crippen molar-refractivity contribution in [3.8, 4) is 0 Å². The van der Waals surface area contributed by atoms with Crippen molar-refractivity contribution in [2.75, 3.05) is 11.5 Å². The Morgan fingerprint density at radius 3 is 1.33 bits per heavy atom. The van der Waals surface area contributed by atoms with E-state index in [1.54, 1.807) is 47.8 Å². The molecule has 0 radical (unpaired) electrons. The van der Waals surface area contributed by atoms with Crippen molar-refractivity contribution < 1.29 is 0 Å². The van der Waals surface area contributed by atoms with E-state index >= 15 is 0 Å². The Hall–Kier alpha value is -1.66. The lowest BCUT2D eigenvalue weighted by atomic mass is 10.1. The molecule has 0 spiro atoms. The lowest BCUT2D eigenvalue weighted by molar-refractivity contribution is 0.712. The number of unbranched alkanes of at least 4 members (excludes halogenated alkanes) is 3. The SMILES string of the molecule is N=C1C=CC(SCCCCCCSC2=CC(=N)C(=N)C=C2)=CC1=N. The molecule has 0 atom stereocenters. The van der Waals surface area contributed by atoms with Gasteiger partial charge in [-0.2, -0.15) is 0 Å². The first-order chi connectivity index (χ1) is 11.6. The summed E-state index contributed by atoms with van der Waals surface area (Å²) in [7, 11) is 0. The molecule has 0 unspecified atom stereocenters.